The Morgan fingerprint density at radius 1 is 1.39 bits per heavy atom. The van der Waals surface area contributed by atoms with Crippen molar-refractivity contribution in [2.24, 2.45) is 11.7 Å². The normalized spacial score (nSPS) is 19.6. The quantitative estimate of drug-likeness (QED) is 0.688. The van der Waals surface area contributed by atoms with E-state index in [2.05, 4.69) is 24.1 Å². The van der Waals surface area contributed by atoms with E-state index in [1.165, 1.54) is 12.8 Å². The molecule has 1 saturated carbocycles. The molecule has 0 radical (unpaired) electrons. The van der Waals surface area contributed by atoms with Crippen LogP contribution in [0.4, 0.5) is 0 Å². The monoisotopic (exact) mass is 255 g/mol. The third-order valence-corrected chi connectivity index (χ3v) is 3.59. The molecule has 0 heterocycles. The molecular formula is C14H29N3O. The molecule has 0 saturated heterocycles. The lowest BCUT2D eigenvalue weighted by Gasteiger charge is -2.37. The first-order valence-electron chi connectivity index (χ1n) is 7.06. The van der Waals surface area contributed by atoms with Gasteiger partial charge in [-0.2, -0.15) is 0 Å². The summed E-state index contributed by atoms with van der Waals surface area (Å²) in [5.74, 6) is 0.557. The van der Waals surface area contributed by atoms with Crippen molar-refractivity contribution in [3.8, 4) is 0 Å². The highest BCUT2D eigenvalue weighted by Gasteiger charge is 2.36. The molecule has 0 aromatic carbocycles. The highest BCUT2D eigenvalue weighted by Crippen LogP contribution is 2.30. The van der Waals surface area contributed by atoms with Crippen molar-refractivity contribution < 1.29 is 4.79 Å². The summed E-state index contributed by atoms with van der Waals surface area (Å²) in [5.41, 5.74) is 4.94. The van der Waals surface area contributed by atoms with Crippen molar-refractivity contribution in [1.29, 1.82) is 0 Å². The summed E-state index contributed by atoms with van der Waals surface area (Å²) < 4.78 is 0. The second-order valence-electron chi connectivity index (χ2n) is 6.46. The molecule has 1 rings (SSSR count). The smallest absolute Gasteiger partial charge is 0.238 e. The second kappa shape index (κ2) is 6.02. The van der Waals surface area contributed by atoms with E-state index in [1.807, 2.05) is 20.8 Å². The van der Waals surface area contributed by atoms with E-state index in [-0.39, 0.29) is 11.9 Å². The molecule has 4 heteroatoms. The summed E-state index contributed by atoms with van der Waals surface area (Å²) >= 11 is 0. The molecule has 106 valence electrons. The van der Waals surface area contributed by atoms with Crippen LogP contribution in [-0.4, -0.2) is 41.5 Å². The summed E-state index contributed by atoms with van der Waals surface area (Å²) in [6.45, 7) is 12.1. The summed E-state index contributed by atoms with van der Waals surface area (Å²) in [5, 5.41) is 3.32. The second-order valence-corrected chi connectivity index (χ2v) is 6.46. The van der Waals surface area contributed by atoms with Crippen LogP contribution in [0.25, 0.3) is 0 Å². The molecule has 0 aromatic rings. The van der Waals surface area contributed by atoms with Gasteiger partial charge in [-0.1, -0.05) is 0 Å². The van der Waals surface area contributed by atoms with Gasteiger partial charge in [-0.25, -0.2) is 0 Å². The fraction of sp³-hybridized carbons (Fsp3) is 0.929. The van der Waals surface area contributed by atoms with E-state index in [9.17, 15) is 4.79 Å². The predicted octanol–water partition coefficient (Wildman–Crippen LogP) is 1.35. The van der Waals surface area contributed by atoms with Crippen molar-refractivity contribution in [2.75, 3.05) is 13.1 Å². The fourth-order valence-electron chi connectivity index (χ4n) is 2.33. The van der Waals surface area contributed by atoms with Crippen molar-refractivity contribution in [3.63, 3.8) is 0 Å². The van der Waals surface area contributed by atoms with E-state index >= 15 is 0 Å². The SMILES string of the molecule is CC(C)NC(C)(CN(CC1CC1)C(C)C)C(N)=O. The number of carbonyl (C=O) groups excluding carboxylic acids is 1. The Morgan fingerprint density at radius 3 is 2.28 bits per heavy atom. The van der Waals surface area contributed by atoms with Gasteiger partial charge in [0.1, 0.15) is 5.54 Å². The van der Waals surface area contributed by atoms with Gasteiger partial charge in [-0.15, -0.1) is 0 Å². The largest absolute Gasteiger partial charge is 0.368 e. The topological polar surface area (TPSA) is 58.4 Å². The molecule has 1 atom stereocenters. The molecule has 1 aliphatic carbocycles. The first kappa shape index (κ1) is 15.4. The average Bonchev–Trinajstić information content (AvgIpc) is 2.98. The molecule has 0 spiro atoms. The van der Waals surface area contributed by atoms with Crippen LogP contribution in [0, 0.1) is 5.92 Å². The van der Waals surface area contributed by atoms with Gasteiger partial charge in [0.05, 0.1) is 0 Å². The Morgan fingerprint density at radius 2 is 1.94 bits per heavy atom. The van der Waals surface area contributed by atoms with E-state index in [0.717, 1.165) is 12.5 Å². The first-order chi connectivity index (χ1) is 8.24. The Hall–Kier alpha value is -0.610. The number of nitrogens with one attached hydrogen (secondary N) is 1. The lowest BCUT2D eigenvalue weighted by molar-refractivity contribution is -0.125. The molecule has 1 unspecified atom stereocenters. The number of carbonyl (C=O) groups is 1. The Kier molecular flexibility index (Phi) is 5.17. The minimum Gasteiger partial charge on any atom is -0.368 e. The maximum absolute atomic E-state index is 11.7. The van der Waals surface area contributed by atoms with Gasteiger partial charge in [-0.3, -0.25) is 9.69 Å². The van der Waals surface area contributed by atoms with Crippen LogP contribution in [0.2, 0.25) is 0 Å². The van der Waals surface area contributed by atoms with Crippen LogP contribution >= 0.6 is 0 Å². The van der Waals surface area contributed by atoms with Crippen molar-refractivity contribution >= 4 is 5.91 Å². The highest BCUT2D eigenvalue weighted by molar-refractivity contribution is 5.84. The fourth-order valence-corrected chi connectivity index (χ4v) is 2.33. The first-order valence-corrected chi connectivity index (χ1v) is 7.06. The summed E-state index contributed by atoms with van der Waals surface area (Å²) in [6.07, 6.45) is 2.65. The Bertz CT molecular complexity index is 287. The van der Waals surface area contributed by atoms with E-state index in [0.29, 0.717) is 12.6 Å². The highest BCUT2D eigenvalue weighted by atomic mass is 16.1. The molecule has 3 N–H and O–H groups in total. The van der Waals surface area contributed by atoms with Crippen LogP contribution in [-0.2, 0) is 4.79 Å². The van der Waals surface area contributed by atoms with Crippen LogP contribution in [0.15, 0.2) is 0 Å². The van der Waals surface area contributed by atoms with Crippen LogP contribution in [0.5, 0.6) is 0 Å². The number of amides is 1. The van der Waals surface area contributed by atoms with Crippen LogP contribution < -0.4 is 11.1 Å². The third kappa shape index (κ3) is 4.58. The lowest BCUT2D eigenvalue weighted by atomic mass is 9.98. The Balaban J connectivity index is 2.68. The number of hydrogen-bond donors (Lipinski definition) is 2. The number of rotatable bonds is 8. The number of primary amides is 1. The van der Waals surface area contributed by atoms with Crippen LogP contribution in [0.1, 0.15) is 47.5 Å². The molecule has 4 nitrogen and oxygen atoms in total. The minimum atomic E-state index is -0.646. The molecule has 0 aromatic heterocycles. The number of nitrogens with two attached hydrogens (primary N) is 1. The van der Waals surface area contributed by atoms with Gasteiger partial charge in [0, 0.05) is 25.2 Å². The molecule has 1 amide bonds. The summed E-state index contributed by atoms with van der Waals surface area (Å²) in [4.78, 5) is 14.1. The van der Waals surface area contributed by atoms with E-state index in [1.54, 1.807) is 0 Å². The third-order valence-electron chi connectivity index (χ3n) is 3.59. The summed E-state index contributed by atoms with van der Waals surface area (Å²) in [7, 11) is 0. The van der Waals surface area contributed by atoms with Gasteiger partial charge in [-0.05, 0) is 53.4 Å². The molecule has 1 fully saturated rings. The molecule has 1 aliphatic rings. The van der Waals surface area contributed by atoms with Gasteiger partial charge >= 0.3 is 0 Å². The Labute approximate surface area is 111 Å². The van der Waals surface area contributed by atoms with Gasteiger partial charge in [0.15, 0.2) is 0 Å². The summed E-state index contributed by atoms with van der Waals surface area (Å²) in [6, 6.07) is 0.690. The number of nitrogens with zero attached hydrogens (tertiary/aromatic N) is 1. The maximum Gasteiger partial charge on any atom is 0.238 e. The molecule has 18 heavy (non-hydrogen) atoms. The molecule has 0 bridgehead atoms. The molecular weight excluding hydrogens is 226 g/mol. The minimum absolute atomic E-state index is 0.248. The van der Waals surface area contributed by atoms with E-state index < -0.39 is 5.54 Å². The maximum atomic E-state index is 11.7. The average molecular weight is 255 g/mol. The van der Waals surface area contributed by atoms with Gasteiger partial charge < -0.3 is 11.1 Å². The zero-order chi connectivity index (χ0) is 13.9. The standard InChI is InChI=1S/C14H29N3O/c1-10(2)16-14(5,13(15)18)9-17(11(3)4)8-12-6-7-12/h10-12,16H,6-9H2,1-5H3,(H2,15,18). The van der Waals surface area contributed by atoms with Gasteiger partial charge in [0.2, 0.25) is 5.91 Å². The van der Waals surface area contributed by atoms with Crippen molar-refractivity contribution in [3.05, 3.63) is 0 Å². The van der Waals surface area contributed by atoms with E-state index in [4.69, 9.17) is 5.73 Å². The van der Waals surface area contributed by atoms with Crippen LogP contribution in [0.3, 0.4) is 0 Å². The van der Waals surface area contributed by atoms with Crippen molar-refractivity contribution in [1.82, 2.24) is 10.2 Å². The van der Waals surface area contributed by atoms with Gasteiger partial charge in [0.25, 0.3) is 0 Å². The lowest BCUT2D eigenvalue weighted by Crippen LogP contribution is -2.62. The zero-order valence-electron chi connectivity index (χ0n) is 12.5. The number of hydrogen-bond acceptors (Lipinski definition) is 3. The predicted molar refractivity (Wildman–Crippen MR) is 75.3 cm³/mol. The molecule has 0 aliphatic heterocycles. The zero-order valence-corrected chi connectivity index (χ0v) is 12.5. The van der Waals surface area contributed by atoms with Crippen molar-refractivity contribution in [2.45, 2.75) is 65.1 Å².